The Morgan fingerprint density at radius 1 is 1.14 bits per heavy atom. The zero-order valence-corrected chi connectivity index (χ0v) is 11.8. The first kappa shape index (κ1) is 13.7. The lowest BCUT2D eigenvalue weighted by atomic mass is 9.99. The van der Waals surface area contributed by atoms with Crippen LogP contribution in [-0.4, -0.2) is 41.6 Å². The maximum absolute atomic E-state index is 12.6. The first-order chi connectivity index (χ1) is 10.2. The minimum absolute atomic E-state index is 0.0170. The Morgan fingerprint density at radius 3 is 2.71 bits per heavy atom. The van der Waals surface area contributed by atoms with Crippen molar-refractivity contribution in [1.82, 2.24) is 4.90 Å². The molecule has 1 aromatic rings. The molecule has 0 aliphatic carbocycles. The van der Waals surface area contributed by atoms with E-state index in [1.807, 2.05) is 11.0 Å². The summed E-state index contributed by atoms with van der Waals surface area (Å²) in [7, 11) is 0. The van der Waals surface area contributed by atoms with Crippen molar-refractivity contribution in [2.45, 2.75) is 19.3 Å². The van der Waals surface area contributed by atoms with E-state index >= 15 is 0 Å². The molecular weight excluding hydrogens is 268 g/mol. The molecule has 0 saturated carbocycles. The zero-order chi connectivity index (χ0) is 14.8. The average Bonchev–Trinajstić information content (AvgIpc) is 2.54. The van der Waals surface area contributed by atoms with Crippen LogP contribution in [0, 0.1) is 0 Å². The lowest BCUT2D eigenvalue weighted by Gasteiger charge is -2.35. The lowest BCUT2D eigenvalue weighted by molar-refractivity contribution is 0.0696. The van der Waals surface area contributed by atoms with Crippen LogP contribution in [0.2, 0.25) is 0 Å². The third kappa shape index (κ3) is 2.63. The fourth-order valence-corrected chi connectivity index (χ4v) is 2.91. The smallest absolute Gasteiger partial charge is 0.335 e. The van der Waals surface area contributed by atoms with E-state index in [0.717, 1.165) is 37.1 Å². The normalized spacial score (nSPS) is 17.5. The van der Waals surface area contributed by atoms with Crippen LogP contribution >= 0.6 is 0 Å². The van der Waals surface area contributed by atoms with Crippen molar-refractivity contribution in [3.8, 4) is 0 Å². The second kappa shape index (κ2) is 5.60. The fraction of sp³-hybridized carbons (Fsp3) is 0.375. The van der Waals surface area contributed by atoms with Crippen LogP contribution in [0.15, 0.2) is 30.4 Å². The molecule has 110 valence electrons. The summed E-state index contributed by atoms with van der Waals surface area (Å²) in [6.45, 7) is 2.09. The van der Waals surface area contributed by atoms with E-state index in [4.69, 9.17) is 5.11 Å². The number of benzene rings is 1. The van der Waals surface area contributed by atoms with Crippen LogP contribution in [0.4, 0.5) is 10.5 Å². The third-order valence-corrected chi connectivity index (χ3v) is 4.00. The molecule has 0 spiro atoms. The third-order valence-electron chi connectivity index (χ3n) is 4.00. The number of urea groups is 1. The number of fused-ring (bicyclic) bond motifs is 1. The van der Waals surface area contributed by atoms with E-state index in [1.54, 1.807) is 23.1 Å². The molecule has 21 heavy (non-hydrogen) atoms. The van der Waals surface area contributed by atoms with Crippen molar-refractivity contribution in [2.24, 2.45) is 0 Å². The van der Waals surface area contributed by atoms with Gasteiger partial charge < -0.3 is 10.0 Å². The van der Waals surface area contributed by atoms with Gasteiger partial charge in [0.25, 0.3) is 0 Å². The number of aromatic carboxylic acids is 1. The second-order valence-corrected chi connectivity index (χ2v) is 5.39. The Hall–Kier alpha value is -2.30. The van der Waals surface area contributed by atoms with Crippen molar-refractivity contribution in [2.75, 3.05) is 24.5 Å². The van der Waals surface area contributed by atoms with Crippen LogP contribution < -0.4 is 4.90 Å². The van der Waals surface area contributed by atoms with Crippen molar-refractivity contribution in [3.05, 3.63) is 41.5 Å². The molecule has 0 saturated heterocycles. The number of anilines is 1. The van der Waals surface area contributed by atoms with Gasteiger partial charge in [0, 0.05) is 25.3 Å². The number of hydrogen-bond acceptors (Lipinski definition) is 2. The van der Waals surface area contributed by atoms with E-state index in [2.05, 4.69) is 6.08 Å². The zero-order valence-electron chi connectivity index (χ0n) is 11.8. The number of amides is 2. The summed E-state index contributed by atoms with van der Waals surface area (Å²) in [6.07, 6.45) is 6.68. The summed E-state index contributed by atoms with van der Waals surface area (Å²) >= 11 is 0. The molecule has 3 rings (SSSR count). The quantitative estimate of drug-likeness (QED) is 0.807. The van der Waals surface area contributed by atoms with Gasteiger partial charge in [-0.25, -0.2) is 9.59 Å². The monoisotopic (exact) mass is 286 g/mol. The van der Waals surface area contributed by atoms with Gasteiger partial charge in [-0.3, -0.25) is 4.90 Å². The van der Waals surface area contributed by atoms with E-state index < -0.39 is 5.97 Å². The molecule has 2 aliphatic rings. The molecule has 1 N–H and O–H groups in total. The van der Waals surface area contributed by atoms with Crippen LogP contribution in [0.5, 0.6) is 0 Å². The van der Waals surface area contributed by atoms with Crippen molar-refractivity contribution in [3.63, 3.8) is 0 Å². The summed E-state index contributed by atoms with van der Waals surface area (Å²) in [6, 6.07) is 5.04. The van der Waals surface area contributed by atoms with Gasteiger partial charge in [-0.05, 0) is 43.0 Å². The molecule has 0 radical (unpaired) electrons. The molecule has 2 aliphatic heterocycles. The SMILES string of the molecule is O=C(O)c1ccc2c(c1)CCCN2C(=O)N1CC=CCC1. The highest BCUT2D eigenvalue weighted by atomic mass is 16.4. The fourth-order valence-electron chi connectivity index (χ4n) is 2.91. The largest absolute Gasteiger partial charge is 0.478 e. The predicted octanol–water partition coefficient (Wildman–Crippen LogP) is 2.52. The molecule has 2 amide bonds. The average molecular weight is 286 g/mol. The maximum Gasteiger partial charge on any atom is 0.335 e. The topological polar surface area (TPSA) is 60.9 Å². The van der Waals surface area contributed by atoms with Gasteiger partial charge in [-0.15, -0.1) is 0 Å². The van der Waals surface area contributed by atoms with Gasteiger partial charge in [0.2, 0.25) is 0 Å². The molecule has 0 aromatic heterocycles. The van der Waals surface area contributed by atoms with E-state index in [0.29, 0.717) is 13.1 Å². The number of nitrogens with zero attached hydrogens (tertiary/aromatic N) is 2. The summed E-state index contributed by atoms with van der Waals surface area (Å²) < 4.78 is 0. The van der Waals surface area contributed by atoms with E-state index in [9.17, 15) is 9.59 Å². The van der Waals surface area contributed by atoms with Gasteiger partial charge in [0.15, 0.2) is 0 Å². The van der Waals surface area contributed by atoms with Gasteiger partial charge in [0.1, 0.15) is 0 Å². The highest BCUT2D eigenvalue weighted by Gasteiger charge is 2.27. The van der Waals surface area contributed by atoms with Gasteiger partial charge in [-0.1, -0.05) is 12.2 Å². The Morgan fingerprint density at radius 2 is 2.00 bits per heavy atom. The van der Waals surface area contributed by atoms with E-state index in [-0.39, 0.29) is 11.6 Å². The number of aryl methyl sites for hydroxylation is 1. The number of carboxylic acids is 1. The van der Waals surface area contributed by atoms with Crippen LogP contribution in [0.25, 0.3) is 0 Å². The van der Waals surface area contributed by atoms with Gasteiger partial charge in [0.05, 0.1) is 5.56 Å². The van der Waals surface area contributed by atoms with Crippen molar-refractivity contribution < 1.29 is 14.7 Å². The standard InChI is InChI=1S/C16H18N2O3/c19-15(20)13-6-7-14-12(11-13)5-4-10-18(14)16(21)17-8-2-1-3-9-17/h1-2,6-7,11H,3-5,8-10H2,(H,19,20). The van der Waals surface area contributed by atoms with Crippen LogP contribution in [0.1, 0.15) is 28.8 Å². The van der Waals surface area contributed by atoms with Crippen molar-refractivity contribution >= 4 is 17.7 Å². The Bertz CT molecular complexity index is 610. The number of hydrogen-bond donors (Lipinski definition) is 1. The minimum Gasteiger partial charge on any atom is -0.478 e. The number of carbonyl (C=O) groups excluding carboxylic acids is 1. The van der Waals surface area contributed by atoms with Gasteiger partial charge in [-0.2, -0.15) is 0 Å². The molecule has 5 nitrogen and oxygen atoms in total. The highest BCUT2D eigenvalue weighted by molar-refractivity contribution is 5.95. The highest BCUT2D eigenvalue weighted by Crippen LogP contribution is 2.29. The number of carboxylic acid groups (broad SMARTS) is 1. The van der Waals surface area contributed by atoms with Crippen LogP contribution in [0.3, 0.4) is 0 Å². The lowest BCUT2D eigenvalue weighted by Crippen LogP contribution is -2.46. The number of rotatable bonds is 1. The molecule has 0 atom stereocenters. The summed E-state index contributed by atoms with van der Waals surface area (Å²) in [4.78, 5) is 27.3. The molecule has 5 heteroatoms. The predicted molar refractivity (Wildman–Crippen MR) is 79.8 cm³/mol. The van der Waals surface area contributed by atoms with E-state index in [1.165, 1.54) is 0 Å². The molecule has 0 bridgehead atoms. The van der Waals surface area contributed by atoms with Gasteiger partial charge >= 0.3 is 12.0 Å². The first-order valence-electron chi connectivity index (χ1n) is 7.24. The summed E-state index contributed by atoms with van der Waals surface area (Å²) in [5, 5.41) is 9.07. The molecule has 2 heterocycles. The molecule has 1 aromatic carbocycles. The summed E-state index contributed by atoms with van der Waals surface area (Å²) in [5.41, 5.74) is 2.08. The Kier molecular flexibility index (Phi) is 3.64. The van der Waals surface area contributed by atoms with Crippen molar-refractivity contribution in [1.29, 1.82) is 0 Å². The Labute approximate surface area is 123 Å². The molecular formula is C16H18N2O3. The maximum atomic E-state index is 12.6. The second-order valence-electron chi connectivity index (χ2n) is 5.39. The van der Waals surface area contributed by atoms with Crippen LogP contribution in [-0.2, 0) is 6.42 Å². The number of carbonyl (C=O) groups is 2. The molecule has 0 unspecified atom stereocenters. The first-order valence-corrected chi connectivity index (χ1v) is 7.24. The molecule has 0 fully saturated rings. The minimum atomic E-state index is -0.928. The Balaban J connectivity index is 1.88. The summed E-state index contributed by atoms with van der Waals surface area (Å²) in [5.74, 6) is -0.928.